The van der Waals surface area contributed by atoms with Gasteiger partial charge in [0.25, 0.3) is 0 Å². The van der Waals surface area contributed by atoms with Crippen LogP contribution >= 0.6 is 0 Å². The van der Waals surface area contributed by atoms with Gasteiger partial charge in [0.2, 0.25) is 5.91 Å². The van der Waals surface area contributed by atoms with E-state index in [-0.39, 0.29) is 11.9 Å². The molecule has 0 bridgehead atoms. The van der Waals surface area contributed by atoms with Gasteiger partial charge in [-0.05, 0) is 25.0 Å². The fourth-order valence-electron chi connectivity index (χ4n) is 1.16. The minimum absolute atomic E-state index is 0.00555. The van der Waals surface area contributed by atoms with Gasteiger partial charge in [0, 0.05) is 13.0 Å². The van der Waals surface area contributed by atoms with Crippen LogP contribution in [0.2, 0.25) is 0 Å². The van der Waals surface area contributed by atoms with E-state index in [9.17, 15) is 4.79 Å². The van der Waals surface area contributed by atoms with Gasteiger partial charge >= 0.3 is 0 Å². The Kier molecular flexibility index (Phi) is 2.91. The van der Waals surface area contributed by atoms with Crippen LogP contribution in [0.15, 0.2) is 23.0 Å². The molecular formula is C9H13NO2. The van der Waals surface area contributed by atoms with Crippen LogP contribution in [0.4, 0.5) is 0 Å². The molecule has 0 saturated carbocycles. The Bertz CT molecular complexity index is 241. The molecule has 0 fully saturated rings. The van der Waals surface area contributed by atoms with Gasteiger partial charge < -0.3 is 9.73 Å². The summed E-state index contributed by atoms with van der Waals surface area (Å²) in [5.74, 6) is 0.00555. The van der Waals surface area contributed by atoms with Crippen LogP contribution < -0.4 is 5.32 Å². The second-order valence-electron chi connectivity index (χ2n) is 2.94. The minimum Gasteiger partial charge on any atom is -0.472 e. The summed E-state index contributed by atoms with van der Waals surface area (Å²) in [6, 6.07) is 2.07. The van der Waals surface area contributed by atoms with Crippen molar-refractivity contribution < 1.29 is 9.21 Å². The van der Waals surface area contributed by atoms with Gasteiger partial charge in [0.15, 0.2) is 0 Å². The number of rotatable bonds is 3. The van der Waals surface area contributed by atoms with Crippen molar-refractivity contribution in [2.75, 3.05) is 0 Å². The Morgan fingerprint density at radius 3 is 3.00 bits per heavy atom. The summed E-state index contributed by atoms with van der Waals surface area (Å²) in [5.41, 5.74) is 1.11. The quantitative estimate of drug-likeness (QED) is 0.738. The molecule has 1 aromatic heterocycles. The Hall–Kier alpha value is -1.25. The summed E-state index contributed by atoms with van der Waals surface area (Å²) in [6.07, 6.45) is 4.14. The van der Waals surface area contributed by atoms with Crippen LogP contribution in [0.5, 0.6) is 0 Å². The maximum atomic E-state index is 10.6. The molecule has 1 amide bonds. The molecular weight excluding hydrogens is 154 g/mol. The standard InChI is InChI=1S/C9H13NO2/c1-7(10-8(2)11)5-9-3-4-12-6-9/h3-4,6-7H,5H2,1-2H3,(H,10,11)/t7-/m0/s1. The molecule has 0 spiro atoms. The Morgan fingerprint density at radius 2 is 2.50 bits per heavy atom. The average Bonchev–Trinajstić information content (AvgIpc) is 2.37. The van der Waals surface area contributed by atoms with Crippen molar-refractivity contribution in [3.05, 3.63) is 24.2 Å². The number of nitrogens with one attached hydrogen (secondary N) is 1. The van der Waals surface area contributed by atoms with Crippen molar-refractivity contribution in [2.24, 2.45) is 0 Å². The van der Waals surface area contributed by atoms with Crippen LogP contribution in [0.25, 0.3) is 0 Å². The molecule has 3 nitrogen and oxygen atoms in total. The lowest BCUT2D eigenvalue weighted by Gasteiger charge is -2.09. The van der Waals surface area contributed by atoms with E-state index < -0.39 is 0 Å². The number of hydrogen-bond acceptors (Lipinski definition) is 2. The van der Waals surface area contributed by atoms with Crippen molar-refractivity contribution in [1.82, 2.24) is 5.32 Å². The summed E-state index contributed by atoms with van der Waals surface area (Å²) in [7, 11) is 0. The molecule has 1 atom stereocenters. The smallest absolute Gasteiger partial charge is 0.217 e. The first-order valence-corrected chi connectivity index (χ1v) is 3.96. The second-order valence-corrected chi connectivity index (χ2v) is 2.94. The zero-order chi connectivity index (χ0) is 8.97. The average molecular weight is 167 g/mol. The van der Waals surface area contributed by atoms with E-state index in [0.717, 1.165) is 12.0 Å². The third kappa shape index (κ3) is 2.78. The minimum atomic E-state index is 0.00555. The van der Waals surface area contributed by atoms with Crippen LogP contribution in [0.1, 0.15) is 19.4 Å². The summed E-state index contributed by atoms with van der Waals surface area (Å²) in [6.45, 7) is 3.49. The predicted molar refractivity (Wildman–Crippen MR) is 45.7 cm³/mol. The third-order valence-electron chi connectivity index (χ3n) is 1.57. The van der Waals surface area contributed by atoms with Gasteiger partial charge in [-0.2, -0.15) is 0 Å². The van der Waals surface area contributed by atoms with Crippen molar-refractivity contribution >= 4 is 5.91 Å². The predicted octanol–water partition coefficient (Wildman–Crippen LogP) is 1.35. The zero-order valence-electron chi connectivity index (χ0n) is 7.33. The first-order valence-electron chi connectivity index (χ1n) is 3.96. The number of hydrogen-bond donors (Lipinski definition) is 1. The molecule has 0 aliphatic carbocycles. The molecule has 12 heavy (non-hydrogen) atoms. The van der Waals surface area contributed by atoms with E-state index in [1.807, 2.05) is 13.0 Å². The molecule has 1 N–H and O–H groups in total. The Morgan fingerprint density at radius 1 is 1.75 bits per heavy atom. The molecule has 0 aromatic carbocycles. The van der Waals surface area contributed by atoms with Gasteiger partial charge in [-0.1, -0.05) is 0 Å². The van der Waals surface area contributed by atoms with E-state index >= 15 is 0 Å². The van der Waals surface area contributed by atoms with Gasteiger partial charge in [-0.25, -0.2) is 0 Å². The summed E-state index contributed by atoms with van der Waals surface area (Å²) in [4.78, 5) is 10.6. The van der Waals surface area contributed by atoms with Gasteiger partial charge in [-0.3, -0.25) is 4.79 Å². The van der Waals surface area contributed by atoms with Crippen molar-refractivity contribution in [3.63, 3.8) is 0 Å². The van der Waals surface area contributed by atoms with E-state index in [2.05, 4.69) is 5.32 Å². The number of amides is 1. The SMILES string of the molecule is CC(=O)N[C@@H](C)Cc1ccoc1. The lowest BCUT2D eigenvalue weighted by molar-refractivity contribution is -0.119. The number of carbonyl (C=O) groups is 1. The molecule has 66 valence electrons. The van der Waals surface area contributed by atoms with Crippen LogP contribution in [0, 0.1) is 0 Å². The summed E-state index contributed by atoms with van der Waals surface area (Å²) < 4.78 is 4.91. The fourth-order valence-corrected chi connectivity index (χ4v) is 1.16. The Labute approximate surface area is 71.8 Å². The topological polar surface area (TPSA) is 42.2 Å². The monoisotopic (exact) mass is 167 g/mol. The first kappa shape index (κ1) is 8.84. The molecule has 0 radical (unpaired) electrons. The van der Waals surface area contributed by atoms with E-state index in [0.29, 0.717) is 0 Å². The van der Waals surface area contributed by atoms with E-state index in [4.69, 9.17) is 4.42 Å². The molecule has 0 saturated heterocycles. The molecule has 1 heterocycles. The van der Waals surface area contributed by atoms with Crippen LogP contribution in [0.3, 0.4) is 0 Å². The normalized spacial score (nSPS) is 12.5. The zero-order valence-corrected chi connectivity index (χ0v) is 7.33. The number of carbonyl (C=O) groups excluding carboxylic acids is 1. The second kappa shape index (κ2) is 3.95. The van der Waals surface area contributed by atoms with Gasteiger partial charge in [0.05, 0.1) is 12.5 Å². The highest BCUT2D eigenvalue weighted by Gasteiger charge is 2.04. The van der Waals surface area contributed by atoms with Crippen molar-refractivity contribution in [2.45, 2.75) is 26.3 Å². The summed E-state index contributed by atoms with van der Waals surface area (Å²) in [5, 5.41) is 2.80. The molecule has 1 rings (SSSR count). The van der Waals surface area contributed by atoms with Crippen LogP contribution in [-0.2, 0) is 11.2 Å². The maximum absolute atomic E-state index is 10.6. The van der Waals surface area contributed by atoms with Gasteiger partial charge in [-0.15, -0.1) is 0 Å². The van der Waals surface area contributed by atoms with Crippen molar-refractivity contribution in [3.8, 4) is 0 Å². The first-order chi connectivity index (χ1) is 5.68. The lowest BCUT2D eigenvalue weighted by Crippen LogP contribution is -2.31. The third-order valence-corrected chi connectivity index (χ3v) is 1.57. The van der Waals surface area contributed by atoms with Crippen LogP contribution in [-0.4, -0.2) is 11.9 Å². The van der Waals surface area contributed by atoms with Gasteiger partial charge in [0.1, 0.15) is 0 Å². The summed E-state index contributed by atoms with van der Waals surface area (Å²) >= 11 is 0. The molecule has 3 heteroatoms. The molecule has 0 aliphatic heterocycles. The van der Waals surface area contributed by atoms with E-state index in [1.54, 1.807) is 12.5 Å². The Balaban J connectivity index is 2.36. The molecule has 0 unspecified atom stereocenters. The highest BCUT2D eigenvalue weighted by atomic mass is 16.3. The van der Waals surface area contributed by atoms with Crippen molar-refractivity contribution in [1.29, 1.82) is 0 Å². The molecule has 1 aromatic rings. The van der Waals surface area contributed by atoms with E-state index in [1.165, 1.54) is 6.92 Å². The highest BCUT2D eigenvalue weighted by molar-refractivity contribution is 5.73. The fraction of sp³-hybridized carbons (Fsp3) is 0.444. The maximum Gasteiger partial charge on any atom is 0.217 e. The number of furan rings is 1. The molecule has 0 aliphatic rings. The largest absolute Gasteiger partial charge is 0.472 e. The lowest BCUT2D eigenvalue weighted by atomic mass is 10.1. The highest BCUT2D eigenvalue weighted by Crippen LogP contribution is 2.03.